The molecule has 3 nitrogen and oxygen atoms in total. The molecule has 102 valence electrons. The Kier molecular flexibility index (Phi) is 4.63. The summed E-state index contributed by atoms with van der Waals surface area (Å²) in [5.41, 5.74) is 8.35. The van der Waals surface area contributed by atoms with Crippen molar-refractivity contribution < 1.29 is 9.15 Å². The molecule has 0 fully saturated rings. The van der Waals surface area contributed by atoms with Crippen molar-refractivity contribution in [2.45, 2.75) is 25.7 Å². The van der Waals surface area contributed by atoms with Crippen molar-refractivity contribution >= 4 is 0 Å². The van der Waals surface area contributed by atoms with Crippen LogP contribution in [0.4, 0.5) is 0 Å². The SMILES string of the molecule is COc1ccc(C)cc1C(CN)CCc1ccco1. The number of aryl methyl sites for hydroxylation is 2. The number of benzene rings is 1. The van der Waals surface area contributed by atoms with Crippen molar-refractivity contribution in [2.24, 2.45) is 5.73 Å². The van der Waals surface area contributed by atoms with Crippen LogP contribution in [0.15, 0.2) is 41.0 Å². The first-order valence-electron chi connectivity index (χ1n) is 6.61. The molecular weight excluding hydrogens is 238 g/mol. The number of ether oxygens (including phenoxy) is 1. The predicted octanol–water partition coefficient (Wildman–Crippen LogP) is 3.27. The lowest BCUT2D eigenvalue weighted by molar-refractivity contribution is 0.402. The fourth-order valence-corrected chi connectivity index (χ4v) is 2.34. The molecule has 0 spiro atoms. The van der Waals surface area contributed by atoms with Crippen LogP contribution in [-0.2, 0) is 6.42 Å². The van der Waals surface area contributed by atoms with E-state index in [2.05, 4.69) is 19.1 Å². The van der Waals surface area contributed by atoms with Crippen LogP contribution in [0.25, 0.3) is 0 Å². The van der Waals surface area contributed by atoms with Gasteiger partial charge in [0, 0.05) is 12.3 Å². The molecule has 2 aromatic rings. The average molecular weight is 259 g/mol. The molecule has 0 amide bonds. The smallest absolute Gasteiger partial charge is 0.122 e. The minimum absolute atomic E-state index is 0.292. The molecule has 0 aliphatic heterocycles. The summed E-state index contributed by atoms with van der Waals surface area (Å²) in [5, 5.41) is 0. The van der Waals surface area contributed by atoms with Crippen molar-refractivity contribution in [3.63, 3.8) is 0 Å². The highest BCUT2D eigenvalue weighted by Crippen LogP contribution is 2.30. The summed E-state index contributed by atoms with van der Waals surface area (Å²) >= 11 is 0. The zero-order valence-electron chi connectivity index (χ0n) is 11.6. The van der Waals surface area contributed by atoms with Gasteiger partial charge in [-0.15, -0.1) is 0 Å². The quantitative estimate of drug-likeness (QED) is 0.866. The fraction of sp³-hybridized carbons (Fsp3) is 0.375. The maximum atomic E-state index is 5.93. The van der Waals surface area contributed by atoms with Crippen LogP contribution in [-0.4, -0.2) is 13.7 Å². The maximum absolute atomic E-state index is 5.93. The molecule has 0 aliphatic rings. The Morgan fingerprint density at radius 3 is 2.79 bits per heavy atom. The number of hydrogen-bond donors (Lipinski definition) is 1. The van der Waals surface area contributed by atoms with E-state index >= 15 is 0 Å². The maximum Gasteiger partial charge on any atom is 0.122 e. The third kappa shape index (κ3) is 3.38. The first-order valence-corrected chi connectivity index (χ1v) is 6.61. The van der Waals surface area contributed by atoms with E-state index in [9.17, 15) is 0 Å². The number of nitrogens with two attached hydrogens (primary N) is 1. The lowest BCUT2D eigenvalue weighted by Crippen LogP contribution is -2.14. The van der Waals surface area contributed by atoms with E-state index < -0.39 is 0 Å². The molecular formula is C16H21NO2. The largest absolute Gasteiger partial charge is 0.496 e. The molecule has 0 radical (unpaired) electrons. The summed E-state index contributed by atoms with van der Waals surface area (Å²) in [6, 6.07) is 10.2. The van der Waals surface area contributed by atoms with Crippen LogP contribution in [0.5, 0.6) is 5.75 Å². The van der Waals surface area contributed by atoms with E-state index in [1.54, 1.807) is 13.4 Å². The van der Waals surface area contributed by atoms with Gasteiger partial charge >= 0.3 is 0 Å². The van der Waals surface area contributed by atoms with Gasteiger partial charge in [-0.25, -0.2) is 0 Å². The Labute approximate surface area is 114 Å². The molecule has 0 saturated carbocycles. The van der Waals surface area contributed by atoms with Gasteiger partial charge in [0.05, 0.1) is 13.4 Å². The standard InChI is InChI=1S/C16H21NO2/c1-12-5-8-16(18-2)15(10-12)13(11-17)6-7-14-4-3-9-19-14/h3-5,8-10,13H,6-7,11,17H2,1-2H3. The molecule has 19 heavy (non-hydrogen) atoms. The Balaban J connectivity index is 2.14. The van der Waals surface area contributed by atoms with Gasteiger partial charge in [-0.1, -0.05) is 17.7 Å². The van der Waals surface area contributed by atoms with E-state index in [4.69, 9.17) is 14.9 Å². The zero-order valence-corrected chi connectivity index (χ0v) is 11.6. The fourth-order valence-electron chi connectivity index (χ4n) is 2.34. The van der Waals surface area contributed by atoms with E-state index in [0.29, 0.717) is 12.5 Å². The van der Waals surface area contributed by atoms with E-state index in [1.807, 2.05) is 18.2 Å². The molecule has 1 heterocycles. The average Bonchev–Trinajstić information content (AvgIpc) is 2.93. The van der Waals surface area contributed by atoms with Crippen molar-refractivity contribution in [3.05, 3.63) is 53.5 Å². The number of furan rings is 1. The Morgan fingerprint density at radius 2 is 2.16 bits per heavy atom. The predicted molar refractivity (Wildman–Crippen MR) is 76.6 cm³/mol. The molecule has 1 unspecified atom stereocenters. The third-order valence-electron chi connectivity index (χ3n) is 3.43. The minimum atomic E-state index is 0.292. The number of rotatable bonds is 6. The van der Waals surface area contributed by atoms with Crippen LogP contribution >= 0.6 is 0 Å². The van der Waals surface area contributed by atoms with Gasteiger partial charge in [-0.3, -0.25) is 0 Å². The second-order valence-corrected chi connectivity index (χ2v) is 4.80. The Bertz CT molecular complexity index is 505. The van der Waals surface area contributed by atoms with Crippen molar-refractivity contribution in [1.82, 2.24) is 0 Å². The van der Waals surface area contributed by atoms with Gasteiger partial charge in [0.15, 0.2) is 0 Å². The molecule has 0 bridgehead atoms. The molecule has 1 atom stereocenters. The Hall–Kier alpha value is -1.74. The van der Waals surface area contributed by atoms with E-state index in [0.717, 1.165) is 24.4 Å². The Morgan fingerprint density at radius 1 is 1.32 bits per heavy atom. The summed E-state index contributed by atoms with van der Waals surface area (Å²) in [5.74, 6) is 2.21. The van der Waals surface area contributed by atoms with E-state index in [-0.39, 0.29) is 0 Å². The highest BCUT2D eigenvalue weighted by Gasteiger charge is 2.15. The minimum Gasteiger partial charge on any atom is -0.496 e. The van der Waals surface area contributed by atoms with Crippen molar-refractivity contribution in [3.8, 4) is 5.75 Å². The highest BCUT2D eigenvalue weighted by molar-refractivity contribution is 5.39. The molecule has 2 rings (SSSR count). The summed E-state index contributed by atoms with van der Waals surface area (Å²) in [7, 11) is 1.70. The van der Waals surface area contributed by atoms with Gasteiger partial charge in [-0.05, 0) is 43.7 Å². The molecule has 0 saturated heterocycles. The third-order valence-corrected chi connectivity index (χ3v) is 3.43. The second-order valence-electron chi connectivity index (χ2n) is 4.80. The van der Waals surface area contributed by atoms with Gasteiger partial charge in [-0.2, -0.15) is 0 Å². The van der Waals surface area contributed by atoms with Gasteiger partial charge < -0.3 is 14.9 Å². The second kappa shape index (κ2) is 6.43. The topological polar surface area (TPSA) is 48.4 Å². The molecule has 0 aliphatic carbocycles. The first-order chi connectivity index (χ1) is 9.24. The van der Waals surface area contributed by atoms with E-state index in [1.165, 1.54) is 11.1 Å². The summed E-state index contributed by atoms with van der Waals surface area (Å²) in [6.45, 7) is 2.70. The van der Waals surface area contributed by atoms with Gasteiger partial charge in [0.25, 0.3) is 0 Å². The summed E-state index contributed by atoms with van der Waals surface area (Å²) in [6.07, 6.45) is 3.57. The molecule has 1 aromatic carbocycles. The van der Waals surface area contributed by atoms with Crippen molar-refractivity contribution in [2.75, 3.05) is 13.7 Å². The highest BCUT2D eigenvalue weighted by atomic mass is 16.5. The van der Waals surface area contributed by atoms with Crippen LogP contribution in [0.2, 0.25) is 0 Å². The van der Waals surface area contributed by atoms with Crippen LogP contribution in [0.3, 0.4) is 0 Å². The van der Waals surface area contributed by atoms with Crippen LogP contribution < -0.4 is 10.5 Å². The van der Waals surface area contributed by atoms with Crippen LogP contribution in [0, 0.1) is 6.92 Å². The number of methoxy groups -OCH3 is 1. The lowest BCUT2D eigenvalue weighted by atomic mass is 9.92. The zero-order chi connectivity index (χ0) is 13.7. The van der Waals surface area contributed by atoms with Crippen LogP contribution in [0.1, 0.15) is 29.2 Å². The summed E-state index contributed by atoms with van der Waals surface area (Å²) < 4.78 is 10.8. The lowest BCUT2D eigenvalue weighted by Gasteiger charge is -2.18. The van der Waals surface area contributed by atoms with Gasteiger partial charge in [0.1, 0.15) is 11.5 Å². The summed E-state index contributed by atoms with van der Waals surface area (Å²) in [4.78, 5) is 0. The number of hydrogen-bond acceptors (Lipinski definition) is 3. The monoisotopic (exact) mass is 259 g/mol. The molecule has 3 heteroatoms. The van der Waals surface area contributed by atoms with Gasteiger partial charge in [0.2, 0.25) is 0 Å². The molecule has 2 N–H and O–H groups in total. The first kappa shape index (κ1) is 13.7. The normalized spacial score (nSPS) is 12.4. The van der Waals surface area contributed by atoms with Crippen molar-refractivity contribution in [1.29, 1.82) is 0 Å². The molecule has 1 aromatic heterocycles.